The Bertz CT molecular complexity index is 360. The van der Waals surface area contributed by atoms with Crippen LogP contribution in [0.4, 0.5) is 0 Å². The van der Waals surface area contributed by atoms with Crippen molar-refractivity contribution in [2.45, 2.75) is 24.8 Å². The zero-order valence-corrected chi connectivity index (χ0v) is 11.1. The first-order valence-electron chi connectivity index (χ1n) is 6.18. The Labute approximate surface area is 108 Å². The number of rotatable bonds is 4. The minimum atomic E-state index is -0.916. The highest BCUT2D eigenvalue weighted by Gasteiger charge is 2.42. The number of hydrogen-bond acceptors (Lipinski definition) is 5. The Morgan fingerprint density at radius 1 is 1.00 bits per heavy atom. The smallest absolute Gasteiger partial charge is 0.258 e. The predicted molar refractivity (Wildman–Crippen MR) is 69.7 cm³/mol. The van der Waals surface area contributed by atoms with Crippen molar-refractivity contribution in [3.05, 3.63) is 35.9 Å². The fourth-order valence-electron chi connectivity index (χ4n) is 2.13. The predicted octanol–water partition coefficient (Wildman–Crippen LogP) is 0.544. The molecule has 0 saturated carbocycles. The number of ether oxygens (including phenoxy) is 2. The highest BCUT2D eigenvalue weighted by atomic mass is 16.7. The average Bonchev–Trinajstić information content (AvgIpc) is 2.47. The molecule has 0 radical (unpaired) electrons. The molecule has 3 N–H and O–H groups in total. The summed E-state index contributed by atoms with van der Waals surface area (Å²) in [5.41, 5.74) is 0.952. The molecule has 1 fully saturated rings. The lowest BCUT2D eigenvalue weighted by atomic mass is 10.1. The summed E-state index contributed by atoms with van der Waals surface area (Å²) in [5.74, 6) is -0.916. The van der Waals surface area contributed by atoms with Crippen LogP contribution in [0.2, 0.25) is 0 Å². The Kier molecular flexibility index (Phi) is 4.31. The molecule has 1 aromatic carbocycles. The maximum Gasteiger partial charge on any atom is 0.258 e. The summed E-state index contributed by atoms with van der Waals surface area (Å²) in [6.07, 6.45) is 0.621. The minimum absolute atomic E-state index is 0.0659. The van der Waals surface area contributed by atoms with Crippen LogP contribution in [0.1, 0.15) is 12.0 Å². The molecule has 1 aliphatic rings. The normalized spacial score (nSPS) is 32.4. The monoisotopic (exact) mass is 251 g/mol. The van der Waals surface area contributed by atoms with E-state index in [1.807, 2.05) is 51.5 Å². The summed E-state index contributed by atoms with van der Waals surface area (Å²) in [6, 6.07) is 9.89. The lowest BCUT2D eigenvalue weighted by Crippen LogP contribution is -2.59. The molecule has 2 unspecified atom stereocenters. The molecule has 5 heteroatoms. The van der Waals surface area contributed by atoms with Crippen molar-refractivity contribution in [2.24, 2.45) is 0 Å². The highest BCUT2D eigenvalue weighted by molar-refractivity contribution is 5.20. The summed E-state index contributed by atoms with van der Waals surface area (Å²) in [7, 11) is 5.60. The van der Waals surface area contributed by atoms with Crippen LogP contribution >= 0.6 is 0 Å². The van der Waals surface area contributed by atoms with Gasteiger partial charge < -0.3 is 9.47 Å². The molecule has 1 aromatic rings. The SMILES string of the molecule is CNC1CC(NC)OC(NC)(c2ccccc2)O1. The minimum Gasteiger partial charge on any atom is -0.315 e. The van der Waals surface area contributed by atoms with Crippen LogP contribution in [0.5, 0.6) is 0 Å². The molecular formula is C13H21N3O2. The van der Waals surface area contributed by atoms with Gasteiger partial charge in [-0.1, -0.05) is 30.3 Å². The fourth-order valence-corrected chi connectivity index (χ4v) is 2.13. The Hall–Kier alpha value is -0.980. The average molecular weight is 251 g/mol. The van der Waals surface area contributed by atoms with Crippen molar-refractivity contribution in [1.29, 1.82) is 0 Å². The van der Waals surface area contributed by atoms with Crippen molar-refractivity contribution >= 4 is 0 Å². The quantitative estimate of drug-likeness (QED) is 0.729. The van der Waals surface area contributed by atoms with E-state index in [9.17, 15) is 0 Å². The Balaban J connectivity index is 2.30. The molecule has 18 heavy (non-hydrogen) atoms. The summed E-state index contributed by atoms with van der Waals surface area (Å²) < 4.78 is 12.0. The van der Waals surface area contributed by atoms with E-state index in [-0.39, 0.29) is 12.5 Å². The maximum absolute atomic E-state index is 6.01. The number of hydrogen-bond donors (Lipinski definition) is 3. The third-order valence-electron chi connectivity index (χ3n) is 3.17. The van der Waals surface area contributed by atoms with Gasteiger partial charge in [-0.3, -0.25) is 16.0 Å². The van der Waals surface area contributed by atoms with Crippen LogP contribution in [0.15, 0.2) is 30.3 Å². The second kappa shape index (κ2) is 5.77. The zero-order chi connectivity index (χ0) is 13.0. The van der Waals surface area contributed by atoms with Crippen molar-refractivity contribution in [1.82, 2.24) is 16.0 Å². The first kappa shape index (κ1) is 13.5. The van der Waals surface area contributed by atoms with Crippen LogP contribution in [0, 0.1) is 0 Å². The van der Waals surface area contributed by atoms with Crippen molar-refractivity contribution in [3.63, 3.8) is 0 Å². The van der Waals surface area contributed by atoms with Crippen molar-refractivity contribution < 1.29 is 9.47 Å². The molecule has 0 amide bonds. The lowest BCUT2D eigenvalue weighted by molar-refractivity contribution is -0.348. The molecule has 0 aliphatic carbocycles. The summed E-state index contributed by atoms with van der Waals surface area (Å²) in [6.45, 7) is 0. The highest BCUT2D eigenvalue weighted by Crippen LogP contribution is 2.31. The molecule has 0 spiro atoms. The molecule has 5 nitrogen and oxygen atoms in total. The van der Waals surface area contributed by atoms with Crippen molar-refractivity contribution in [2.75, 3.05) is 21.1 Å². The molecule has 2 rings (SSSR count). The third-order valence-corrected chi connectivity index (χ3v) is 3.17. The summed E-state index contributed by atoms with van der Waals surface area (Å²) in [4.78, 5) is 0. The van der Waals surface area contributed by atoms with Crippen LogP contribution in [-0.4, -0.2) is 33.6 Å². The Morgan fingerprint density at radius 2 is 1.56 bits per heavy atom. The van der Waals surface area contributed by atoms with E-state index in [2.05, 4.69) is 16.0 Å². The van der Waals surface area contributed by atoms with Gasteiger partial charge in [-0.2, -0.15) is 0 Å². The first-order chi connectivity index (χ1) is 8.74. The fraction of sp³-hybridized carbons (Fsp3) is 0.538. The zero-order valence-electron chi connectivity index (χ0n) is 11.1. The van der Waals surface area contributed by atoms with Gasteiger partial charge in [0.05, 0.1) is 0 Å². The number of nitrogens with one attached hydrogen (secondary N) is 3. The van der Waals surface area contributed by atoms with E-state index >= 15 is 0 Å². The topological polar surface area (TPSA) is 54.5 Å². The van der Waals surface area contributed by atoms with Crippen LogP contribution in [-0.2, 0) is 15.4 Å². The van der Waals surface area contributed by atoms with Gasteiger partial charge in [-0.05, 0) is 21.1 Å². The van der Waals surface area contributed by atoms with Gasteiger partial charge in [0.1, 0.15) is 12.5 Å². The second-order valence-corrected chi connectivity index (χ2v) is 4.26. The molecule has 2 atom stereocenters. The maximum atomic E-state index is 6.01. The van der Waals surface area contributed by atoms with Gasteiger partial charge in [-0.15, -0.1) is 0 Å². The first-order valence-corrected chi connectivity index (χ1v) is 6.18. The molecule has 0 aromatic heterocycles. The lowest BCUT2D eigenvalue weighted by Gasteiger charge is -2.44. The largest absolute Gasteiger partial charge is 0.315 e. The molecule has 1 saturated heterocycles. The van der Waals surface area contributed by atoms with Crippen LogP contribution in [0.3, 0.4) is 0 Å². The molecule has 100 valence electrons. The summed E-state index contributed by atoms with van der Waals surface area (Å²) >= 11 is 0. The van der Waals surface area contributed by atoms with Gasteiger partial charge >= 0.3 is 0 Å². The van der Waals surface area contributed by atoms with Gasteiger partial charge in [-0.25, -0.2) is 0 Å². The number of benzene rings is 1. The van der Waals surface area contributed by atoms with Crippen molar-refractivity contribution in [3.8, 4) is 0 Å². The van der Waals surface area contributed by atoms with Gasteiger partial charge in [0.25, 0.3) is 5.91 Å². The molecular weight excluding hydrogens is 230 g/mol. The van der Waals surface area contributed by atoms with Gasteiger partial charge in [0.2, 0.25) is 0 Å². The van der Waals surface area contributed by atoms with Crippen LogP contribution in [0.25, 0.3) is 0 Å². The molecule has 0 bridgehead atoms. The van der Waals surface area contributed by atoms with E-state index in [0.29, 0.717) is 0 Å². The molecule has 1 aliphatic heterocycles. The van der Waals surface area contributed by atoms with Crippen LogP contribution < -0.4 is 16.0 Å². The van der Waals surface area contributed by atoms with E-state index in [1.165, 1.54) is 0 Å². The third kappa shape index (κ3) is 2.55. The standard InChI is InChI=1S/C13H21N3O2/c1-14-11-9-12(15-2)18-13(16-3,17-11)10-7-5-4-6-8-10/h4-8,11-12,14-16H,9H2,1-3H3. The van der Waals surface area contributed by atoms with E-state index in [1.54, 1.807) is 0 Å². The van der Waals surface area contributed by atoms with E-state index < -0.39 is 5.91 Å². The van der Waals surface area contributed by atoms with Gasteiger partial charge in [0.15, 0.2) is 0 Å². The van der Waals surface area contributed by atoms with E-state index in [0.717, 1.165) is 12.0 Å². The Morgan fingerprint density at radius 3 is 2.00 bits per heavy atom. The second-order valence-electron chi connectivity index (χ2n) is 4.26. The van der Waals surface area contributed by atoms with Gasteiger partial charge in [0, 0.05) is 12.0 Å². The summed E-state index contributed by atoms with van der Waals surface area (Å²) in [5, 5.41) is 9.43. The van der Waals surface area contributed by atoms with E-state index in [4.69, 9.17) is 9.47 Å². The molecule has 1 heterocycles.